The number of aromatic nitrogens is 2. The van der Waals surface area contributed by atoms with Crippen LogP contribution in [0.15, 0.2) is 54.6 Å². The zero-order valence-corrected chi connectivity index (χ0v) is 18.7. The molecule has 0 radical (unpaired) electrons. The lowest BCUT2D eigenvalue weighted by atomic mass is 9.96. The highest BCUT2D eigenvalue weighted by Crippen LogP contribution is 2.24. The van der Waals surface area contributed by atoms with Crippen molar-refractivity contribution in [2.45, 2.75) is 38.8 Å². The molecule has 0 unspecified atom stereocenters. The zero-order chi connectivity index (χ0) is 21.8. The predicted molar refractivity (Wildman–Crippen MR) is 125 cm³/mol. The molecule has 0 aliphatic carbocycles. The summed E-state index contributed by atoms with van der Waals surface area (Å²) in [6.07, 6.45) is 4.53. The van der Waals surface area contributed by atoms with E-state index >= 15 is 0 Å². The number of likely N-dealkylation sites (tertiary alicyclic amines) is 2. The van der Waals surface area contributed by atoms with E-state index in [2.05, 4.69) is 27.7 Å². The Labute approximate surface area is 189 Å². The largest absolute Gasteiger partial charge is 0.486 e. The molecule has 2 aromatic carbocycles. The van der Waals surface area contributed by atoms with Crippen molar-refractivity contribution in [3.63, 3.8) is 0 Å². The molecule has 1 aromatic heterocycles. The van der Waals surface area contributed by atoms with Crippen LogP contribution in [-0.4, -0.2) is 58.0 Å². The summed E-state index contributed by atoms with van der Waals surface area (Å²) in [5, 5.41) is 0. The third kappa shape index (κ3) is 4.80. The Morgan fingerprint density at radius 1 is 0.938 bits per heavy atom. The molecule has 2 fully saturated rings. The van der Waals surface area contributed by atoms with Crippen LogP contribution >= 0.6 is 0 Å². The molecule has 2 saturated heterocycles. The van der Waals surface area contributed by atoms with E-state index in [9.17, 15) is 4.79 Å². The van der Waals surface area contributed by atoms with Crippen LogP contribution in [0.3, 0.4) is 0 Å². The van der Waals surface area contributed by atoms with Crippen molar-refractivity contribution in [3.8, 4) is 5.75 Å². The zero-order valence-electron chi connectivity index (χ0n) is 18.7. The van der Waals surface area contributed by atoms with Crippen LogP contribution in [0.25, 0.3) is 11.0 Å². The molecule has 6 heteroatoms. The minimum Gasteiger partial charge on any atom is -0.486 e. The molecule has 2 aliphatic rings. The summed E-state index contributed by atoms with van der Waals surface area (Å²) >= 11 is 0. The van der Waals surface area contributed by atoms with E-state index in [0.29, 0.717) is 25.0 Å². The molecule has 0 saturated carbocycles. The van der Waals surface area contributed by atoms with Gasteiger partial charge in [-0.25, -0.2) is 4.98 Å². The summed E-state index contributed by atoms with van der Waals surface area (Å²) < 4.78 is 8.37. The lowest BCUT2D eigenvalue weighted by molar-refractivity contribution is -0.131. The number of carbonyl (C=O) groups excluding carboxylic acids is 1. The Morgan fingerprint density at radius 3 is 2.44 bits per heavy atom. The number of amides is 1. The molecule has 1 amide bonds. The van der Waals surface area contributed by atoms with Crippen molar-refractivity contribution in [1.29, 1.82) is 0 Å². The number of rotatable bonds is 7. The Hall–Kier alpha value is -2.86. The quantitative estimate of drug-likeness (QED) is 0.567. The molecule has 6 nitrogen and oxygen atoms in total. The number of nitrogens with zero attached hydrogens (tertiary/aromatic N) is 4. The molecule has 2 aliphatic heterocycles. The van der Waals surface area contributed by atoms with Gasteiger partial charge in [-0.3, -0.25) is 9.69 Å². The number of para-hydroxylation sites is 3. The number of hydrogen-bond acceptors (Lipinski definition) is 4. The van der Waals surface area contributed by atoms with Gasteiger partial charge in [0.2, 0.25) is 5.91 Å². The number of fused-ring (bicyclic) bond motifs is 1. The van der Waals surface area contributed by atoms with E-state index in [1.807, 2.05) is 41.3 Å². The second-order valence-electron chi connectivity index (χ2n) is 9.04. The fourth-order valence-corrected chi connectivity index (χ4v) is 4.95. The number of imidazole rings is 1. The number of benzene rings is 2. The minimum absolute atomic E-state index is 0.307. The lowest BCUT2D eigenvalue weighted by Gasteiger charge is -2.33. The van der Waals surface area contributed by atoms with Gasteiger partial charge in [-0.2, -0.15) is 0 Å². The molecular formula is C26H32N4O2. The van der Waals surface area contributed by atoms with Gasteiger partial charge < -0.3 is 14.2 Å². The fraction of sp³-hybridized carbons (Fsp3) is 0.462. The van der Waals surface area contributed by atoms with E-state index < -0.39 is 0 Å². The first-order chi connectivity index (χ1) is 15.8. The van der Waals surface area contributed by atoms with Gasteiger partial charge in [0.15, 0.2) is 0 Å². The number of hydrogen-bond donors (Lipinski definition) is 0. The van der Waals surface area contributed by atoms with E-state index in [0.717, 1.165) is 75.5 Å². The smallest absolute Gasteiger partial charge is 0.236 e. The molecule has 0 N–H and O–H groups in total. The van der Waals surface area contributed by atoms with Gasteiger partial charge in [0.1, 0.15) is 18.2 Å². The second-order valence-corrected chi connectivity index (χ2v) is 9.04. The highest BCUT2D eigenvalue weighted by atomic mass is 16.5. The van der Waals surface area contributed by atoms with Crippen molar-refractivity contribution < 1.29 is 9.53 Å². The first-order valence-corrected chi connectivity index (χ1v) is 11.9. The maximum absolute atomic E-state index is 12.5. The minimum atomic E-state index is 0.307. The molecule has 168 valence electrons. The van der Waals surface area contributed by atoms with Crippen LogP contribution < -0.4 is 4.74 Å². The van der Waals surface area contributed by atoms with Gasteiger partial charge in [0, 0.05) is 19.6 Å². The van der Waals surface area contributed by atoms with Crippen LogP contribution in [-0.2, 0) is 17.9 Å². The maximum Gasteiger partial charge on any atom is 0.236 e. The van der Waals surface area contributed by atoms with Gasteiger partial charge in [-0.05, 0) is 69.0 Å². The maximum atomic E-state index is 12.5. The average Bonchev–Trinajstić information content (AvgIpc) is 3.49. The SMILES string of the molecule is O=C(CN1CCC(Cn2c(COc3ccccc3)nc3ccccc32)CC1)N1CCCC1. The van der Waals surface area contributed by atoms with Crippen LogP contribution in [0.5, 0.6) is 5.75 Å². The first kappa shape index (κ1) is 21.0. The Balaban J connectivity index is 1.22. The average molecular weight is 433 g/mol. The van der Waals surface area contributed by atoms with E-state index in [-0.39, 0.29) is 0 Å². The molecule has 3 aromatic rings. The van der Waals surface area contributed by atoms with Crippen molar-refractivity contribution >= 4 is 16.9 Å². The topological polar surface area (TPSA) is 50.6 Å². The summed E-state index contributed by atoms with van der Waals surface area (Å²) in [5.74, 6) is 2.73. The van der Waals surface area contributed by atoms with E-state index in [1.165, 1.54) is 5.52 Å². The predicted octanol–water partition coefficient (Wildman–Crippen LogP) is 3.95. The lowest BCUT2D eigenvalue weighted by Crippen LogP contribution is -2.43. The van der Waals surface area contributed by atoms with Crippen LogP contribution in [0, 0.1) is 5.92 Å². The van der Waals surface area contributed by atoms with Crippen molar-refractivity contribution in [1.82, 2.24) is 19.4 Å². The second kappa shape index (κ2) is 9.74. The highest BCUT2D eigenvalue weighted by molar-refractivity contribution is 5.78. The third-order valence-electron chi connectivity index (χ3n) is 6.81. The number of piperidine rings is 1. The van der Waals surface area contributed by atoms with Crippen LogP contribution in [0.2, 0.25) is 0 Å². The summed E-state index contributed by atoms with van der Waals surface area (Å²) in [6, 6.07) is 18.3. The number of carbonyl (C=O) groups is 1. The molecular weight excluding hydrogens is 400 g/mol. The standard InChI is InChI=1S/C26H32N4O2/c31-26(29-14-6-7-15-29)19-28-16-12-21(13-17-28)18-30-24-11-5-4-10-23(24)27-25(30)20-32-22-8-2-1-3-9-22/h1-5,8-11,21H,6-7,12-20H2. The van der Waals surface area contributed by atoms with Gasteiger partial charge in [-0.1, -0.05) is 30.3 Å². The first-order valence-electron chi connectivity index (χ1n) is 11.9. The molecule has 32 heavy (non-hydrogen) atoms. The summed E-state index contributed by atoms with van der Waals surface area (Å²) in [7, 11) is 0. The van der Waals surface area contributed by atoms with Crippen LogP contribution in [0.1, 0.15) is 31.5 Å². The van der Waals surface area contributed by atoms with Gasteiger partial charge in [0.05, 0.1) is 17.6 Å². The summed E-state index contributed by atoms with van der Waals surface area (Å²) in [6.45, 7) is 5.85. The van der Waals surface area contributed by atoms with E-state index in [4.69, 9.17) is 9.72 Å². The van der Waals surface area contributed by atoms with Gasteiger partial charge in [-0.15, -0.1) is 0 Å². The normalized spacial score (nSPS) is 17.8. The Kier molecular flexibility index (Phi) is 6.39. The molecule has 0 bridgehead atoms. The Morgan fingerprint density at radius 2 is 1.66 bits per heavy atom. The molecule has 3 heterocycles. The monoisotopic (exact) mass is 432 g/mol. The van der Waals surface area contributed by atoms with Crippen molar-refractivity contribution in [2.24, 2.45) is 5.92 Å². The van der Waals surface area contributed by atoms with Crippen molar-refractivity contribution in [2.75, 3.05) is 32.7 Å². The molecule has 5 rings (SSSR count). The Bertz CT molecular complexity index is 1030. The molecule has 0 spiro atoms. The third-order valence-corrected chi connectivity index (χ3v) is 6.81. The summed E-state index contributed by atoms with van der Waals surface area (Å²) in [4.78, 5) is 21.7. The van der Waals surface area contributed by atoms with Gasteiger partial charge >= 0.3 is 0 Å². The summed E-state index contributed by atoms with van der Waals surface area (Å²) in [5.41, 5.74) is 2.19. The van der Waals surface area contributed by atoms with Crippen LogP contribution in [0.4, 0.5) is 0 Å². The highest BCUT2D eigenvalue weighted by Gasteiger charge is 2.25. The number of ether oxygens (including phenoxy) is 1. The van der Waals surface area contributed by atoms with Crippen molar-refractivity contribution in [3.05, 3.63) is 60.4 Å². The van der Waals surface area contributed by atoms with Gasteiger partial charge in [0.25, 0.3) is 0 Å². The fourth-order valence-electron chi connectivity index (χ4n) is 4.95. The van der Waals surface area contributed by atoms with E-state index in [1.54, 1.807) is 0 Å². The molecule has 0 atom stereocenters.